The number of furan rings is 1. The number of hydrogen-bond acceptors (Lipinski definition) is 2. The molecule has 10 aromatic rings. The second-order valence-electron chi connectivity index (χ2n) is 14.9. The van der Waals surface area contributed by atoms with E-state index < -0.39 is 0 Å². The zero-order valence-corrected chi connectivity index (χ0v) is 29.6. The topological polar surface area (TPSA) is 16.4 Å². The molecule has 0 fully saturated rings. The summed E-state index contributed by atoms with van der Waals surface area (Å²) in [6, 6.07) is 64.2. The molecule has 0 radical (unpaired) electrons. The first-order valence-corrected chi connectivity index (χ1v) is 18.4. The van der Waals surface area contributed by atoms with Crippen LogP contribution >= 0.6 is 0 Å². The van der Waals surface area contributed by atoms with Crippen molar-refractivity contribution in [2.75, 3.05) is 4.90 Å². The Bertz CT molecular complexity index is 3040. The first-order chi connectivity index (χ1) is 26.0. The van der Waals surface area contributed by atoms with Crippen molar-refractivity contribution in [3.05, 3.63) is 187 Å². The number of rotatable bonds is 4. The Morgan fingerprint density at radius 3 is 1.64 bits per heavy atom. The zero-order chi connectivity index (χ0) is 35.3. The van der Waals surface area contributed by atoms with Gasteiger partial charge in [0.05, 0.1) is 0 Å². The van der Waals surface area contributed by atoms with Crippen molar-refractivity contribution in [1.29, 1.82) is 0 Å². The first kappa shape index (κ1) is 30.0. The van der Waals surface area contributed by atoms with E-state index in [-0.39, 0.29) is 5.41 Å². The summed E-state index contributed by atoms with van der Waals surface area (Å²) in [6.07, 6.45) is 0. The van der Waals surface area contributed by atoms with E-state index in [2.05, 4.69) is 189 Å². The summed E-state index contributed by atoms with van der Waals surface area (Å²) >= 11 is 0. The Balaban J connectivity index is 1.13. The Morgan fingerprint density at radius 1 is 0.396 bits per heavy atom. The second kappa shape index (κ2) is 11.2. The summed E-state index contributed by atoms with van der Waals surface area (Å²) < 4.78 is 6.61. The Labute approximate surface area is 308 Å². The average Bonchev–Trinajstić information content (AvgIpc) is 3.70. The fourth-order valence-electron chi connectivity index (χ4n) is 9.04. The van der Waals surface area contributed by atoms with Gasteiger partial charge in [0.15, 0.2) is 0 Å². The zero-order valence-electron chi connectivity index (χ0n) is 29.6. The van der Waals surface area contributed by atoms with Crippen LogP contribution in [0.2, 0.25) is 0 Å². The van der Waals surface area contributed by atoms with Crippen LogP contribution in [0.15, 0.2) is 180 Å². The molecule has 9 aromatic carbocycles. The van der Waals surface area contributed by atoms with Crippen molar-refractivity contribution >= 4 is 71.3 Å². The summed E-state index contributed by atoms with van der Waals surface area (Å²) in [5, 5.41) is 9.96. The third kappa shape index (κ3) is 4.39. The molecule has 250 valence electrons. The highest BCUT2D eigenvalue weighted by Gasteiger charge is 2.38. The molecule has 0 unspecified atom stereocenters. The summed E-state index contributed by atoms with van der Waals surface area (Å²) in [5.41, 5.74) is 12.5. The normalized spacial score (nSPS) is 13.2. The van der Waals surface area contributed by atoms with Crippen LogP contribution < -0.4 is 4.90 Å². The predicted molar refractivity (Wildman–Crippen MR) is 224 cm³/mol. The molecule has 1 aromatic heterocycles. The maximum Gasteiger partial charge on any atom is 0.143 e. The third-order valence-corrected chi connectivity index (χ3v) is 11.6. The highest BCUT2D eigenvalue weighted by atomic mass is 16.3. The molecule has 0 saturated heterocycles. The summed E-state index contributed by atoms with van der Waals surface area (Å²) in [5.74, 6) is 0. The fraction of sp³-hybridized carbons (Fsp3) is 0.0588. The maximum absolute atomic E-state index is 6.61. The molecule has 0 atom stereocenters. The molecule has 2 nitrogen and oxygen atoms in total. The standard InChI is InChI=1S/C51H35NO/c1-51(2)46-29-28-43-42-18-10-11-19-48(42)53-50(43)49(46)44-27-25-36(31-47(44)51)52(34-22-20-33(21-23-34)32-12-4-3-5-13-32)35-24-26-41-39-16-7-6-14-37(39)38-15-8-9-17-40(38)45(41)30-35/h3-31H,1-2H3. The maximum atomic E-state index is 6.61. The molecule has 53 heavy (non-hydrogen) atoms. The summed E-state index contributed by atoms with van der Waals surface area (Å²) in [7, 11) is 0. The number of nitrogens with zero attached hydrogens (tertiary/aromatic N) is 1. The molecule has 0 aliphatic heterocycles. The van der Waals surface area contributed by atoms with Crippen molar-refractivity contribution in [3.8, 4) is 22.3 Å². The Morgan fingerprint density at radius 2 is 0.925 bits per heavy atom. The molecule has 2 heteroatoms. The minimum absolute atomic E-state index is 0.213. The van der Waals surface area contributed by atoms with E-state index >= 15 is 0 Å². The minimum Gasteiger partial charge on any atom is -0.455 e. The van der Waals surface area contributed by atoms with Crippen LogP contribution in [0.4, 0.5) is 17.1 Å². The molecule has 0 N–H and O–H groups in total. The molecule has 11 rings (SSSR count). The number of fused-ring (bicyclic) bond motifs is 13. The fourth-order valence-corrected chi connectivity index (χ4v) is 9.04. The minimum atomic E-state index is -0.213. The van der Waals surface area contributed by atoms with E-state index in [4.69, 9.17) is 4.42 Å². The van der Waals surface area contributed by atoms with Crippen molar-refractivity contribution in [2.45, 2.75) is 19.3 Å². The van der Waals surface area contributed by atoms with Crippen LogP contribution in [-0.2, 0) is 5.41 Å². The van der Waals surface area contributed by atoms with Gasteiger partial charge in [-0.2, -0.15) is 0 Å². The van der Waals surface area contributed by atoms with Crippen LogP contribution in [0.1, 0.15) is 25.0 Å². The number of para-hydroxylation sites is 1. The van der Waals surface area contributed by atoms with E-state index in [1.807, 2.05) is 6.07 Å². The summed E-state index contributed by atoms with van der Waals surface area (Å²) in [4.78, 5) is 2.42. The second-order valence-corrected chi connectivity index (χ2v) is 14.9. The van der Waals surface area contributed by atoms with E-state index in [1.165, 1.54) is 71.1 Å². The van der Waals surface area contributed by atoms with Crippen LogP contribution in [0.25, 0.3) is 76.5 Å². The molecule has 0 bridgehead atoms. The monoisotopic (exact) mass is 677 g/mol. The van der Waals surface area contributed by atoms with E-state index in [1.54, 1.807) is 0 Å². The lowest BCUT2D eigenvalue weighted by molar-refractivity contribution is 0.653. The highest BCUT2D eigenvalue weighted by molar-refractivity contribution is 6.25. The van der Waals surface area contributed by atoms with Crippen molar-refractivity contribution in [2.24, 2.45) is 0 Å². The lowest BCUT2D eigenvalue weighted by Crippen LogP contribution is -2.16. The lowest BCUT2D eigenvalue weighted by Gasteiger charge is -2.28. The molecule has 0 saturated carbocycles. The molecule has 1 aliphatic rings. The van der Waals surface area contributed by atoms with Gasteiger partial charge in [0, 0.05) is 38.8 Å². The summed E-state index contributed by atoms with van der Waals surface area (Å²) in [6.45, 7) is 4.70. The van der Waals surface area contributed by atoms with Gasteiger partial charge >= 0.3 is 0 Å². The van der Waals surface area contributed by atoms with Gasteiger partial charge < -0.3 is 9.32 Å². The van der Waals surface area contributed by atoms with Gasteiger partial charge in [-0.15, -0.1) is 0 Å². The quantitative estimate of drug-likeness (QED) is 0.172. The molecular formula is C51H35NO. The van der Waals surface area contributed by atoms with Crippen molar-refractivity contribution in [1.82, 2.24) is 0 Å². The van der Waals surface area contributed by atoms with Crippen LogP contribution in [0.5, 0.6) is 0 Å². The average molecular weight is 678 g/mol. The van der Waals surface area contributed by atoms with E-state index in [9.17, 15) is 0 Å². The lowest BCUT2D eigenvalue weighted by atomic mass is 9.82. The van der Waals surface area contributed by atoms with E-state index in [0.717, 1.165) is 33.6 Å². The van der Waals surface area contributed by atoms with Crippen molar-refractivity contribution in [3.63, 3.8) is 0 Å². The van der Waals surface area contributed by atoms with Gasteiger partial charge in [-0.1, -0.05) is 147 Å². The Kier molecular flexibility index (Phi) is 6.33. The Hall–Kier alpha value is -6.64. The SMILES string of the molecule is CC1(C)c2cc(N(c3ccc(-c4ccccc4)cc3)c3ccc4c5ccccc5c5ccccc5c4c3)ccc2-c2c1ccc1c2oc2ccccc21. The number of hydrogen-bond donors (Lipinski definition) is 0. The largest absolute Gasteiger partial charge is 0.455 e. The molecule has 0 amide bonds. The van der Waals surface area contributed by atoms with Crippen LogP contribution in [0, 0.1) is 0 Å². The van der Waals surface area contributed by atoms with Crippen LogP contribution in [-0.4, -0.2) is 0 Å². The third-order valence-electron chi connectivity index (χ3n) is 11.6. The highest BCUT2D eigenvalue weighted by Crippen LogP contribution is 2.54. The molecule has 1 heterocycles. The van der Waals surface area contributed by atoms with Gasteiger partial charge in [-0.25, -0.2) is 0 Å². The smallest absolute Gasteiger partial charge is 0.143 e. The molecule has 0 spiro atoms. The van der Waals surface area contributed by atoms with Gasteiger partial charge in [0.2, 0.25) is 0 Å². The van der Waals surface area contributed by atoms with E-state index in [0.29, 0.717) is 0 Å². The molecule has 1 aliphatic carbocycles. The number of anilines is 3. The predicted octanol–water partition coefficient (Wildman–Crippen LogP) is 14.5. The van der Waals surface area contributed by atoms with Crippen LogP contribution in [0.3, 0.4) is 0 Å². The van der Waals surface area contributed by atoms with Crippen molar-refractivity contribution < 1.29 is 4.42 Å². The number of benzene rings is 9. The van der Waals surface area contributed by atoms with Gasteiger partial charge in [0.1, 0.15) is 11.2 Å². The molecular weight excluding hydrogens is 643 g/mol. The van der Waals surface area contributed by atoms with Gasteiger partial charge in [-0.05, 0) is 103 Å². The van der Waals surface area contributed by atoms with Gasteiger partial charge in [-0.3, -0.25) is 0 Å². The first-order valence-electron chi connectivity index (χ1n) is 18.4. The van der Waals surface area contributed by atoms with Gasteiger partial charge in [0.25, 0.3) is 0 Å².